The fourth-order valence-electron chi connectivity index (χ4n) is 4.41. The van der Waals surface area contributed by atoms with E-state index in [-0.39, 0.29) is 11.9 Å². The first-order chi connectivity index (χ1) is 15.2. The fraction of sp³-hybridized carbons (Fsp3) is 0.185. The van der Waals surface area contributed by atoms with Crippen LogP contribution in [0.25, 0.3) is 22.2 Å². The molecule has 0 fully saturated rings. The van der Waals surface area contributed by atoms with Gasteiger partial charge in [-0.2, -0.15) is 0 Å². The van der Waals surface area contributed by atoms with Crippen LogP contribution in [0.15, 0.2) is 78.9 Å². The molecule has 1 N–H and O–H groups in total. The number of nitrogens with zero attached hydrogens (tertiary/aromatic N) is 1. The van der Waals surface area contributed by atoms with Crippen molar-refractivity contribution < 1.29 is 9.53 Å². The third-order valence-corrected chi connectivity index (χ3v) is 6.02. The maximum atomic E-state index is 13.5. The molecule has 3 aromatic carbocycles. The van der Waals surface area contributed by atoms with Gasteiger partial charge in [0.05, 0.1) is 29.9 Å². The van der Waals surface area contributed by atoms with Gasteiger partial charge in [-0.25, -0.2) is 4.98 Å². The van der Waals surface area contributed by atoms with E-state index in [1.165, 1.54) is 11.1 Å². The van der Waals surface area contributed by atoms with Crippen LogP contribution in [0.2, 0.25) is 0 Å². The summed E-state index contributed by atoms with van der Waals surface area (Å²) in [7, 11) is 1.65. The zero-order valence-electron chi connectivity index (χ0n) is 17.5. The number of carbonyl (C=O) groups is 1. The van der Waals surface area contributed by atoms with Gasteiger partial charge >= 0.3 is 0 Å². The molecule has 0 bridgehead atoms. The van der Waals surface area contributed by atoms with Crippen LogP contribution in [-0.4, -0.2) is 18.0 Å². The first kappa shape index (κ1) is 19.3. The van der Waals surface area contributed by atoms with E-state index >= 15 is 0 Å². The SMILES string of the molecule is COc1ccc(-c2cc(C(=O)N[C@@H]3CCCc4ccccc43)c3ccccc3n2)cc1. The lowest BCUT2D eigenvalue weighted by Crippen LogP contribution is -2.31. The number of aryl methyl sites for hydroxylation is 1. The highest BCUT2D eigenvalue weighted by Gasteiger charge is 2.23. The van der Waals surface area contributed by atoms with Gasteiger partial charge in [-0.05, 0) is 66.8 Å². The molecule has 1 aliphatic rings. The van der Waals surface area contributed by atoms with Crippen LogP contribution in [0.1, 0.15) is 40.4 Å². The van der Waals surface area contributed by atoms with Crippen molar-refractivity contribution in [2.75, 3.05) is 7.11 Å². The molecule has 31 heavy (non-hydrogen) atoms. The summed E-state index contributed by atoms with van der Waals surface area (Å²) >= 11 is 0. The molecule has 1 atom stereocenters. The predicted octanol–water partition coefficient (Wildman–Crippen LogP) is 5.72. The molecule has 5 rings (SSSR count). The summed E-state index contributed by atoms with van der Waals surface area (Å²) in [6, 6.07) is 25.9. The number of hydrogen-bond donors (Lipinski definition) is 1. The van der Waals surface area contributed by atoms with Gasteiger partial charge in [-0.1, -0.05) is 42.5 Å². The van der Waals surface area contributed by atoms with Gasteiger partial charge in [0.15, 0.2) is 0 Å². The molecule has 1 aromatic heterocycles. The number of fused-ring (bicyclic) bond motifs is 2. The molecule has 4 heteroatoms. The number of pyridine rings is 1. The van der Waals surface area contributed by atoms with E-state index in [2.05, 4.69) is 23.5 Å². The van der Waals surface area contributed by atoms with E-state index in [1.54, 1.807) is 7.11 Å². The third-order valence-electron chi connectivity index (χ3n) is 6.02. The van der Waals surface area contributed by atoms with Crippen LogP contribution in [0.4, 0.5) is 0 Å². The molecule has 1 amide bonds. The van der Waals surface area contributed by atoms with Crippen LogP contribution < -0.4 is 10.1 Å². The minimum Gasteiger partial charge on any atom is -0.497 e. The van der Waals surface area contributed by atoms with E-state index in [0.29, 0.717) is 5.56 Å². The fourth-order valence-corrected chi connectivity index (χ4v) is 4.41. The summed E-state index contributed by atoms with van der Waals surface area (Å²) in [5, 5.41) is 4.16. The van der Waals surface area contributed by atoms with Gasteiger partial charge < -0.3 is 10.1 Å². The highest BCUT2D eigenvalue weighted by molar-refractivity contribution is 6.07. The predicted molar refractivity (Wildman–Crippen MR) is 123 cm³/mol. The number of ether oxygens (including phenoxy) is 1. The van der Waals surface area contributed by atoms with Crippen molar-refractivity contribution in [1.29, 1.82) is 0 Å². The average Bonchev–Trinajstić information content (AvgIpc) is 2.83. The summed E-state index contributed by atoms with van der Waals surface area (Å²) in [5.41, 5.74) is 5.75. The smallest absolute Gasteiger partial charge is 0.252 e. The summed E-state index contributed by atoms with van der Waals surface area (Å²) in [5.74, 6) is 0.730. The number of methoxy groups -OCH3 is 1. The number of benzene rings is 3. The molecule has 0 spiro atoms. The minimum absolute atomic E-state index is 0.0359. The van der Waals surface area contributed by atoms with E-state index in [4.69, 9.17) is 9.72 Å². The standard InChI is InChI=1S/C27H24N2O2/c1-31-20-15-13-19(14-16-20)26-17-23(22-10-4-5-11-25(22)28-26)27(30)29-24-12-6-8-18-7-2-3-9-21(18)24/h2-5,7,9-11,13-17,24H,6,8,12H2,1H3,(H,29,30)/t24-/m1/s1. The van der Waals surface area contributed by atoms with Gasteiger partial charge in [0.25, 0.3) is 5.91 Å². The second-order valence-electron chi connectivity index (χ2n) is 7.92. The van der Waals surface area contributed by atoms with Crippen LogP contribution in [0, 0.1) is 0 Å². The number of hydrogen-bond acceptors (Lipinski definition) is 3. The molecule has 154 valence electrons. The summed E-state index contributed by atoms with van der Waals surface area (Å²) in [6.45, 7) is 0. The topological polar surface area (TPSA) is 51.2 Å². The molecule has 0 unspecified atom stereocenters. The van der Waals surface area contributed by atoms with Gasteiger partial charge in [0.2, 0.25) is 0 Å². The summed E-state index contributed by atoms with van der Waals surface area (Å²) < 4.78 is 5.27. The first-order valence-electron chi connectivity index (χ1n) is 10.7. The van der Waals surface area contributed by atoms with Crippen molar-refractivity contribution in [2.45, 2.75) is 25.3 Å². The molecular formula is C27H24N2O2. The van der Waals surface area contributed by atoms with Crippen LogP contribution >= 0.6 is 0 Å². The largest absolute Gasteiger partial charge is 0.497 e. The highest BCUT2D eigenvalue weighted by Crippen LogP contribution is 2.31. The summed E-state index contributed by atoms with van der Waals surface area (Å²) in [6.07, 6.45) is 3.11. The monoisotopic (exact) mass is 408 g/mol. The van der Waals surface area contributed by atoms with E-state index in [1.807, 2.05) is 60.7 Å². The number of rotatable bonds is 4. The van der Waals surface area contributed by atoms with Gasteiger partial charge in [0.1, 0.15) is 5.75 Å². The molecular weight excluding hydrogens is 384 g/mol. The van der Waals surface area contributed by atoms with Gasteiger partial charge in [-0.15, -0.1) is 0 Å². The normalized spacial score (nSPS) is 15.3. The van der Waals surface area contributed by atoms with Gasteiger partial charge in [0, 0.05) is 10.9 Å². The Hall–Kier alpha value is -3.66. The van der Waals surface area contributed by atoms with E-state index in [9.17, 15) is 4.79 Å². The van der Waals surface area contributed by atoms with Crippen molar-refractivity contribution in [1.82, 2.24) is 10.3 Å². The Labute approximate surface area is 181 Å². The molecule has 1 heterocycles. The number of carbonyl (C=O) groups excluding carboxylic acids is 1. The van der Waals surface area contributed by atoms with Crippen molar-refractivity contribution >= 4 is 16.8 Å². The number of amides is 1. The lowest BCUT2D eigenvalue weighted by Gasteiger charge is -2.26. The van der Waals surface area contributed by atoms with Crippen molar-refractivity contribution in [3.05, 3.63) is 95.6 Å². The maximum absolute atomic E-state index is 13.5. The van der Waals surface area contributed by atoms with Crippen LogP contribution in [0.3, 0.4) is 0 Å². The molecule has 0 radical (unpaired) electrons. The van der Waals surface area contributed by atoms with Crippen molar-refractivity contribution in [2.24, 2.45) is 0 Å². The zero-order valence-corrected chi connectivity index (χ0v) is 17.5. The second kappa shape index (κ2) is 8.23. The Morgan fingerprint density at radius 2 is 1.77 bits per heavy atom. The Morgan fingerprint density at radius 1 is 1.00 bits per heavy atom. The van der Waals surface area contributed by atoms with E-state index < -0.39 is 0 Å². The van der Waals surface area contributed by atoms with Crippen LogP contribution in [-0.2, 0) is 6.42 Å². The quantitative estimate of drug-likeness (QED) is 0.470. The molecule has 4 nitrogen and oxygen atoms in total. The van der Waals surface area contributed by atoms with E-state index in [0.717, 1.165) is 47.2 Å². The first-order valence-corrected chi connectivity index (χ1v) is 10.7. The summed E-state index contributed by atoms with van der Waals surface area (Å²) in [4.78, 5) is 18.3. The lowest BCUT2D eigenvalue weighted by molar-refractivity contribution is 0.0934. The Bertz CT molecular complexity index is 1250. The van der Waals surface area contributed by atoms with Crippen molar-refractivity contribution in [3.63, 3.8) is 0 Å². The molecule has 1 aliphatic carbocycles. The highest BCUT2D eigenvalue weighted by atomic mass is 16.5. The second-order valence-corrected chi connectivity index (χ2v) is 7.92. The Kier molecular flexibility index (Phi) is 5.13. The van der Waals surface area contributed by atoms with Crippen molar-refractivity contribution in [3.8, 4) is 17.0 Å². The molecule has 4 aromatic rings. The molecule has 0 saturated carbocycles. The third kappa shape index (κ3) is 3.77. The Balaban J connectivity index is 1.53. The molecule has 0 aliphatic heterocycles. The number of nitrogens with one attached hydrogen (secondary N) is 1. The van der Waals surface area contributed by atoms with Crippen LogP contribution in [0.5, 0.6) is 5.75 Å². The number of aromatic nitrogens is 1. The average molecular weight is 409 g/mol. The lowest BCUT2D eigenvalue weighted by atomic mass is 9.87. The number of para-hydroxylation sites is 1. The zero-order chi connectivity index (χ0) is 21.2. The maximum Gasteiger partial charge on any atom is 0.252 e. The van der Waals surface area contributed by atoms with Gasteiger partial charge in [-0.3, -0.25) is 4.79 Å². The Morgan fingerprint density at radius 3 is 2.61 bits per heavy atom. The minimum atomic E-state index is -0.0601. The molecule has 0 saturated heterocycles.